The Bertz CT molecular complexity index is 719. The standard InChI is InChI=1S/C20H28N4O2/c1-15(2)14-26-18-7-11-23(12-8-18)20(25)22-19-6-5-17(13-16(19)3)24-10-4-9-21-24/h4-6,9-10,13,15,18H,7-8,11-12,14H2,1-3H3,(H,22,25). The summed E-state index contributed by atoms with van der Waals surface area (Å²) in [4.78, 5) is 14.4. The number of rotatable bonds is 5. The molecule has 26 heavy (non-hydrogen) atoms. The summed E-state index contributed by atoms with van der Waals surface area (Å²) in [5.41, 5.74) is 2.83. The van der Waals surface area contributed by atoms with Crippen LogP contribution in [0.25, 0.3) is 5.69 Å². The quantitative estimate of drug-likeness (QED) is 0.885. The molecule has 1 aromatic carbocycles. The van der Waals surface area contributed by atoms with E-state index in [-0.39, 0.29) is 12.1 Å². The van der Waals surface area contributed by atoms with Gasteiger partial charge in [-0.25, -0.2) is 9.48 Å². The van der Waals surface area contributed by atoms with Gasteiger partial charge >= 0.3 is 6.03 Å². The van der Waals surface area contributed by atoms with E-state index in [9.17, 15) is 4.79 Å². The van der Waals surface area contributed by atoms with Crippen molar-refractivity contribution >= 4 is 11.7 Å². The van der Waals surface area contributed by atoms with E-state index in [1.807, 2.05) is 42.3 Å². The molecule has 1 aromatic heterocycles. The van der Waals surface area contributed by atoms with Crippen LogP contribution in [0.5, 0.6) is 0 Å². The molecular formula is C20H28N4O2. The van der Waals surface area contributed by atoms with Gasteiger partial charge in [-0.2, -0.15) is 5.10 Å². The first-order valence-electron chi connectivity index (χ1n) is 9.31. The summed E-state index contributed by atoms with van der Waals surface area (Å²) in [5.74, 6) is 0.545. The first-order valence-corrected chi connectivity index (χ1v) is 9.31. The fourth-order valence-electron chi connectivity index (χ4n) is 3.10. The highest BCUT2D eigenvalue weighted by Gasteiger charge is 2.23. The van der Waals surface area contributed by atoms with Gasteiger partial charge in [0.05, 0.1) is 11.8 Å². The summed E-state index contributed by atoms with van der Waals surface area (Å²) in [6.07, 6.45) is 5.73. The first kappa shape index (κ1) is 18.5. The lowest BCUT2D eigenvalue weighted by Gasteiger charge is -2.32. The normalized spacial score (nSPS) is 15.5. The predicted molar refractivity (Wildman–Crippen MR) is 103 cm³/mol. The Kier molecular flexibility index (Phi) is 5.93. The van der Waals surface area contributed by atoms with Crippen molar-refractivity contribution < 1.29 is 9.53 Å². The Morgan fingerprint density at radius 1 is 1.35 bits per heavy atom. The number of nitrogens with zero attached hydrogens (tertiary/aromatic N) is 3. The molecule has 1 aliphatic rings. The van der Waals surface area contributed by atoms with Gasteiger partial charge < -0.3 is 15.0 Å². The van der Waals surface area contributed by atoms with E-state index in [2.05, 4.69) is 24.3 Å². The number of likely N-dealkylation sites (tertiary alicyclic amines) is 1. The van der Waals surface area contributed by atoms with Crippen molar-refractivity contribution in [1.82, 2.24) is 14.7 Å². The van der Waals surface area contributed by atoms with E-state index in [1.54, 1.807) is 10.9 Å². The first-order chi connectivity index (χ1) is 12.5. The molecule has 2 aromatic rings. The zero-order valence-electron chi connectivity index (χ0n) is 15.8. The molecule has 0 spiro atoms. The number of carbonyl (C=O) groups excluding carboxylic acids is 1. The Morgan fingerprint density at radius 3 is 2.73 bits per heavy atom. The van der Waals surface area contributed by atoms with Crippen LogP contribution in [0.3, 0.4) is 0 Å². The minimum absolute atomic E-state index is 0.0396. The maximum Gasteiger partial charge on any atom is 0.321 e. The number of hydrogen-bond acceptors (Lipinski definition) is 3. The van der Waals surface area contributed by atoms with Crippen LogP contribution in [0.15, 0.2) is 36.7 Å². The lowest BCUT2D eigenvalue weighted by atomic mass is 10.1. The van der Waals surface area contributed by atoms with Crippen LogP contribution in [0, 0.1) is 12.8 Å². The van der Waals surface area contributed by atoms with Gasteiger partial charge in [0.2, 0.25) is 0 Å². The second kappa shape index (κ2) is 8.36. The van der Waals surface area contributed by atoms with Gasteiger partial charge in [0, 0.05) is 37.8 Å². The number of hydrogen-bond donors (Lipinski definition) is 1. The molecule has 1 aliphatic heterocycles. The van der Waals surface area contributed by atoms with E-state index in [0.29, 0.717) is 5.92 Å². The van der Waals surface area contributed by atoms with Gasteiger partial charge in [0.15, 0.2) is 0 Å². The fourth-order valence-corrected chi connectivity index (χ4v) is 3.10. The molecule has 2 amide bonds. The van der Waals surface area contributed by atoms with Crippen molar-refractivity contribution in [3.63, 3.8) is 0 Å². The summed E-state index contributed by atoms with van der Waals surface area (Å²) in [7, 11) is 0. The van der Waals surface area contributed by atoms with Crippen molar-refractivity contribution in [2.24, 2.45) is 5.92 Å². The second-order valence-electron chi connectivity index (χ2n) is 7.29. The number of benzene rings is 1. The Hall–Kier alpha value is -2.34. The van der Waals surface area contributed by atoms with Crippen LogP contribution in [0.2, 0.25) is 0 Å². The van der Waals surface area contributed by atoms with Crippen molar-refractivity contribution in [3.05, 3.63) is 42.2 Å². The van der Waals surface area contributed by atoms with Crippen LogP contribution >= 0.6 is 0 Å². The van der Waals surface area contributed by atoms with Gasteiger partial charge in [0.1, 0.15) is 0 Å². The molecule has 0 saturated carbocycles. The van der Waals surface area contributed by atoms with E-state index in [1.165, 1.54) is 0 Å². The van der Waals surface area contributed by atoms with Gasteiger partial charge in [-0.15, -0.1) is 0 Å². The number of ether oxygens (including phenoxy) is 1. The molecule has 1 N–H and O–H groups in total. The number of anilines is 1. The van der Waals surface area contributed by atoms with E-state index < -0.39 is 0 Å². The highest BCUT2D eigenvalue weighted by Crippen LogP contribution is 2.21. The molecule has 2 heterocycles. The molecule has 3 rings (SSSR count). The maximum atomic E-state index is 12.6. The molecule has 0 bridgehead atoms. The topological polar surface area (TPSA) is 59.4 Å². The van der Waals surface area contributed by atoms with Gasteiger partial charge in [-0.3, -0.25) is 0 Å². The second-order valence-corrected chi connectivity index (χ2v) is 7.29. The van der Waals surface area contributed by atoms with E-state index in [4.69, 9.17) is 4.74 Å². The molecule has 0 aliphatic carbocycles. The zero-order chi connectivity index (χ0) is 18.5. The third-order valence-corrected chi connectivity index (χ3v) is 4.61. The summed E-state index contributed by atoms with van der Waals surface area (Å²) in [6.45, 7) is 8.57. The van der Waals surface area contributed by atoms with Crippen LogP contribution in [0.1, 0.15) is 32.3 Å². The number of piperidine rings is 1. The van der Waals surface area contributed by atoms with Gasteiger partial charge in [-0.1, -0.05) is 13.8 Å². The molecule has 0 atom stereocenters. The Labute approximate surface area is 155 Å². The van der Waals surface area contributed by atoms with Crippen LogP contribution in [-0.2, 0) is 4.74 Å². The lowest BCUT2D eigenvalue weighted by molar-refractivity contribution is 0.00300. The highest BCUT2D eigenvalue weighted by atomic mass is 16.5. The lowest BCUT2D eigenvalue weighted by Crippen LogP contribution is -2.43. The largest absolute Gasteiger partial charge is 0.378 e. The van der Waals surface area contributed by atoms with Gasteiger partial charge in [-0.05, 0) is 55.5 Å². The molecule has 0 radical (unpaired) electrons. The SMILES string of the molecule is Cc1cc(-n2cccn2)ccc1NC(=O)N1CCC(OCC(C)C)CC1. The summed E-state index contributed by atoms with van der Waals surface area (Å²) < 4.78 is 7.70. The van der Waals surface area contributed by atoms with Crippen molar-refractivity contribution in [1.29, 1.82) is 0 Å². The average molecular weight is 356 g/mol. The van der Waals surface area contributed by atoms with Crippen molar-refractivity contribution in [2.75, 3.05) is 25.0 Å². The monoisotopic (exact) mass is 356 g/mol. The number of carbonyl (C=O) groups is 1. The molecule has 140 valence electrons. The van der Waals surface area contributed by atoms with Crippen LogP contribution in [0.4, 0.5) is 10.5 Å². The summed E-state index contributed by atoms with van der Waals surface area (Å²) in [5, 5.41) is 7.27. The maximum absolute atomic E-state index is 12.6. The molecule has 1 fully saturated rings. The van der Waals surface area contributed by atoms with E-state index in [0.717, 1.165) is 49.5 Å². The van der Waals surface area contributed by atoms with E-state index >= 15 is 0 Å². The van der Waals surface area contributed by atoms with Gasteiger partial charge in [0.25, 0.3) is 0 Å². The summed E-state index contributed by atoms with van der Waals surface area (Å²) >= 11 is 0. The third kappa shape index (κ3) is 4.64. The Balaban J connectivity index is 1.54. The third-order valence-electron chi connectivity index (χ3n) is 4.61. The number of aryl methyl sites for hydroxylation is 1. The minimum Gasteiger partial charge on any atom is -0.378 e. The molecule has 6 heteroatoms. The minimum atomic E-state index is -0.0396. The molecule has 6 nitrogen and oxygen atoms in total. The molecule has 0 unspecified atom stereocenters. The smallest absolute Gasteiger partial charge is 0.321 e. The summed E-state index contributed by atoms with van der Waals surface area (Å²) in [6, 6.07) is 7.76. The zero-order valence-corrected chi connectivity index (χ0v) is 15.8. The number of amides is 2. The number of aromatic nitrogens is 2. The predicted octanol–water partition coefficient (Wildman–Crippen LogP) is 3.85. The van der Waals surface area contributed by atoms with Crippen LogP contribution in [-0.4, -0.2) is 46.5 Å². The number of urea groups is 1. The average Bonchev–Trinajstić information content (AvgIpc) is 3.16. The Morgan fingerprint density at radius 2 is 2.12 bits per heavy atom. The fraction of sp³-hybridized carbons (Fsp3) is 0.500. The highest BCUT2D eigenvalue weighted by molar-refractivity contribution is 5.90. The van der Waals surface area contributed by atoms with Crippen molar-refractivity contribution in [2.45, 2.75) is 39.7 Å². The van der Waals surface area contributed by atoms with Crippen LogP contribution < -0.4 is 5.32 Å². The van der Waals surface area contributed by atoms with Crippen molar-refractivity contribution in [3.8, 4) is 5.69 Å². The molecular weight excluding hydrogens is 328 g/mol. The molecule has 1 saturated heterocycles. The number of nitrogens with one attached hydrogen (secondary N) is 1.